The molecule has 1 atom stereocenters. The first kappa shape index (κ1) is 12.2. The van der Waals surface area contributed by atoms with Gasteiger partial charge in [-0.25, -0.2) is 0 Å². The van der Waals surface area contributed by atoms with E-state index in [9.17, 15) is 0 Å². The number of nitrogens with zero attached hydrogens (tertiary/aromatic N) is 2. The summed E-state index contributed by atoms with van der Waals surface area (Å²) in [4.78, 5) is 2.76. The van der Waals surface area contributed by atoms with Gasteiger partial charge in [-0.15, -0.1) is 0 Å². The van der Waals surface area contributed by atoms with Crippen molar-refractivity contribution in [2.24, 2.45) is 0 Å². The summed E-state index contributed by atoms with van der Waals surface area (Å²) in [6, 6.07) is 0.866. The lowest BCUT2D eigenvalue weighted by molar-refractivity contribution is 0.117. The first-order valence-corrected chi connectivity index (χ1v) is 7.58. The molecule has 3 nitrogen and oxygen atoms in total. The molecule has 1 aliphatic heterocycles. The van der Waals surface area contributed by atoms with Gasteiger partial charge in [-0.3, -0.25) is 10.00 Å². The fourth-order valence-corrected chi connectivity index (χ4v) is 3.79. The highest BCUT2D eigenvalue weighted by atomic mass is 15.2. The molecule has 2 aliphatic rings. The quantitative estimate of drug-likeness (QED) is 0.870. The van der Waals surface area contributed by atoms with Crippen LogP contribution in [0.25, 0.3) is 0 Å². The van der Waals surface area contributed by atoms with Crippen LogP contribution in [0.4, 0.5) is 0 Å². The van der Waals surface area contributed by atoms with Crippen LogP contribution in [0, 0.1) is 6.92 Å². The summed E-state index contributed by atoms with van der Waals surface area (Å²) in [7, 11) is 0. The first-order chi connectivity index (χ1) is 8.84. The number of likely N-dealkylation sites (tertiary alicyclic amines) is 1. The van der Waals surface area contributed by atoms with Crippen molar-refractivity contribution in [3.63, 3.8) is 0 Å². The van der Waals surface area contributed by atoms with Crippen LogP contribution in [0.3, 0.4) is 0 Å². The molecule has 1 aromatic heterocycles. The molecule has 2 fully saturated rings. The van der Waals surface area contributed by atoms with Crippen LogP contribution >= 0.6 is 0 Å². The monoisotopic (exact) mass is 247 g/mol. The maximum absolute atomic E-state index is 4.19. The van der Waals surface area contributed by atoms with Gasteiger partial charge in [0.2, 0.25) is 0 Å². The minimum atomic E-state index is 0.683. The molecular weight excluding hydrogens is 222 g/mol. The lowest BCUT2D eigenvalue weighted by atomic mass is 9.88. The molecule has 0 bridgehead atoms. The average Bonchev–Trinajstić information content (AvgIpc) is 2.86. The predicted molar refractivity (Wildman–Crippen MR) is 73.7 cm³/mol. The number of piperidine rings is 1. The lowest BCUT2D eigenvalue weighted by Crippen LogP contribution is -2.43. The molecule has 1 saturated carbocycles. The Kier molecular flexibility index (Phi) is 3.69. The molecular formula is C15H25N3. The molecule has 1 saturated heterocycles. The Morgan fingerprint density at radius 3 is 2.72 bits per heavy atom. The fourth-order valence-electron chi connectivity index (χ4n) is 3.79. The van der Waals surface area contributed by atoms with Gasteiger partial charge in [0, 0.05) is 24.2 Å². The standard InChI is InChI=1S/C15H25N3/c1-12-10-16-17-15(12)13-6-5-9-18(11-13)14-7-3-2-4-8-14/h10,13-14H,2-9,11H2,1H3,(H,16,17)/t13-/m1/s1. The van der Waals surface area contributed by atoms with Crippen molar-refractivity contribution in [1.82, 2.24) is 15.1 Å². The van der Waals surface area contributed by atoms with E-state index in [1.165, 1.54) is 69.3 Å². The van der Waals surface area contributed by atoms with Crippen molar-refractivity contribution in [1.29, 1.82) is 0 Å². The maximum atomic E-state index is 4.19. The highest BCUT2D eigenvalue weighted by molar-refractivity contribution is 5.19. The average molecular weight is 247 g/mol. The second kappa shape index (κ2) is 5.43. The van der Waals surface area contributed by atoms with Gasteiger partial charge >= 0.3 is 0 Å². The number of rotatable bonds is 2. The third kappa shape index (κ3) is 2.46. The van der Waals surface area contributed by atoms with E-state index in [0.29, 0.717) is 5.92 Å². The Morgan fingerprint density at radius 1 is 1.17 bits per heavy atom. The van der Waals surface area contributed by atoms with Crippen LogP contribution in [0.15, 0.2) is 6.20 Å². The molecule has 1 aliphatic carbocycles. The summed E-state index contributed by atoms with van der Waals surface area (Å²) in [5.74, 6) is 0.683. The number of hydrogen-bond donors (Lipinski definition) is 1. The van der Waals surface area contributed by atoms with Gasteiger partial charge in [0.1, 0.15) is 0 Å². The third-order valence-corrected chi connectivity index (χ3v) is 4.82. The van der Waals surface area contributed by atoms with Crippen LogP contribution in [-0.4, -0.2) is 34.2 Å². The molecule has 0 aromatic carbocycles. The van der Waals surface area contributed by atoms with E-state index in [0.717, 1.165) is 6.04 Å². The summed E-state index contributed by atoms with van der Waals surface area (Å²) in [5.41, 5.74) is 2.72. The van der Waals surface area contributed by atoms with Crippen molar-refractivity contribution in [2.75, 3.05) is 13.1 Å². The highest BCUT2D eigenvalue weighted by Crippen LogP contribution is 2.31. The van der Waals surface area contributed by atoms with Crippen LogP contribution in [-0.2, 0) is 0 Å². The Balaban J connectivity index is 1.66. The molecule has 0 unspecified atom stereocenters. The molecule has 0 spiro atoms. The van der Waals surface area contributed by atoms with E-state index in [1.807, 2.05) is 6.20 Å². The van der Waals surface area contributed by atoms with Gasteiger partial charge in [0.15, 0.2) is 0 Å². The van der Waals surface area contributed by atoms with Crippen molar-refractivity contribution in [3.05, 3.63) is 17.5 Å². The van der Waals surface area contributed by atoms with Gasteiger partial charge in [0.25, 0.3) is 0 Å². The first-order valence-electron chi connectivity index (χ1n) is 7.58. The smallest absolute Gasteiger partial charge is 0.0519 e. The van der Waals surface area contributed by atoms with Gasteiger partial charge < -0.3 is 0 Å². The summed E-state index contributed by atoms with van der Waals surface area (Å²) in [6.07, 6.45) is 11.8. The van der Waals surface area contributed by atoms with Crippen molar-refractivity contribution >= 4 is 0 Å². The Labute approximate surface area is 110 Å². The number of aromatic amines is 1. The zero-order chi connectivity index (χ0) is 12.4. The predicted octanol–water partition coefficient (Wildman–Crippen LogP) is 3.23. The molecule has 1 aromatic rings. The van der Waals surface area contributed by atoms with E-state index in [-0.39, 0.29) is 0 Å². The Morgan fingerprint density at radius 2 is 2.00 bits per heavy atom. The van der Waals surface area contributed by atoms with E-state index in [4.69, 9.17) is 0 Å². The minimum Gasteiger partial charge on any atom is -0.300 e. The van der Waals surface area contributed by atoms with E-state index in [2.05, 4.69) is 22.0 Å². The SMILES string of the molecule is Cc1cn[nH]c1[C@@H]1CCCN(C2CCCCC2)C1. The van der Waals surface area contributed by atoms with Crippen molar-refractivity contribution in [2.45, 2.75) is 63.8 Å². The van der Waals surface area contributed by atoms with Crippen molar-refractivity contribution in [3.8, 4) is 0 Å². The van der Waals surface area contributed by atoms with Crippen LogP contribution in [0.2, 0.25) is 0 Å². The molecule has 18 heavy (non-hydrogen) atoms. The van der Waals surface area contributed by atoms with Crippen LogP contribution < -0.4 is 0 Å². The summed E-state index contributed by atoms with van der Waals surface area (Å²) in [6.45, 7) is 4.74. The highest BCUT2D eigenvalue weighted by Gasteiger charge is 2.28. The third-order valence-electron chi connectivity index (χ3n) is 4.82. The van der Waals surface area contributed by atoms with E-state index >= 15 is 0 Å². The second-order valence-electron chi connectivity index (χ2n) is 6.09. The minimum absolute atomic E-state index is 0.683. The molecule has 0 radical (unpaired) electrons. The van der Waals surface area contributed by atoms with Crippen molar-refractivity contribution < 1.29 is 0 Å². The summed E-state index contributed by atoms with van der Waals surface area (Å²) < 4.78 is 0. The zero-order valence-corrected chi connectivity index (χ0v) is 11.5. The van der Waals surface area contributed by atoms with Crippen LogP contribution in [0.1, 0.15) is 62.1 Å². The molecule has 1 N–H and O–H groups in total. The number of H-pyrrole nitrogens is 1. The number of nitrogens with one attached hydrogen (secondary N) is 1. The topological polar surface area (TPSA) is 31.9 Å². The normalized spacial score (nSPS) is 27.5. The lowest BCUT2D eigenvalue weighted by Gasteiger charge is -2.40. The largest absolute Gasteiger partial charge is 0.300 e. The second-order valence-corrected chi connectivity index (χ2v) is 6.09. The number of aryl methyl sites for hydroxylation is 1. The molecule has 0 amide bonds. The van der Waals surface area contributed by atoms with Gasteiger partial charge in [-0.1, -0.05) is 19.3 Å². The summed E-state index contributed by atoms with van der Waals surface area (Å²) in [5, 5.41) is 7.41. The fraction of sp³-hybridized carbons (Fsp3) is 0.800. The molecule has 3 heteroatoms. The summed E-state index contributed by atoms with van der Waals surface area (Å²) >= 11 is 0. The Hall–Kier alpha value is -0.830. The van der Waals surface area contributed by atoms with Crippen LogP contribution in [0.5, 0.6) is 0 Å². The van der Waals surface area contributed by atoms with Gasteiger partial charge in [0.05, 0.1) is 6.20 Å². The maximum Gasteiger partial charge on any atom is 0.0519 e. The van der Waals surface area contributed by atoms with E-state index in [1.54, 1.807) is 0 Å². The Bertz CT molecular complexity index is 379. The molecule has 2 heterocycles. The van der Waals surface area contributed by atoms with E-state index < -0.39 is 0 Å². The molecule has 3 rings (SSSR count). The van der Waals surface area contributed by atoms with Gasteiger partial charge in [-0.2, -0.15) is 5.10 Å². The zero-order valence-electron chi connectivity index (χ0n) is 11.5. The number of hydrogen-bond acceptors (Lipinski definition) is 2. The molecule has 100 valence electrons. The number of aromatic nitrogens is 2. The van der Waals surface area contributed by atoms with Gasteiger partial charge in [-0.05, 0) is 44.7 Å².